The van der Waals surface area contributed by atoms with Gasteiger partial charge in [-0.3, -0.25) is 29.4 Å². The number of nitro groups is 1. The Morgan fingerprint density at radius 1 is 1.19 bits per heavy atom. The van der Waals surface area contributed by atoms with E-state index in [1.54, 1.807) is 36.1 Å². The summed E-state index contributed by atoms with van der Waals surface area (Å²) in [4.78, 5) is 51.2. The van der Waals surface area contributed by atoms with Gasteiger partial charge in [-0.1, -0.05) is 6.07 Å². The van der Waals surface area contributed by atoms with Crippen LogP contribution in [0.25, 0.3) is 17.4 Å². The van der Waals surface area contributed by atoms with Crippen molar-refractivity contribution in [2.75, 3.05) is 19.6 Å². The minimum atomic E-state index is -0.551. The molecule has 0 unspecified atom stereocenters. The lowest BCUT2D eigenvalue weighted by molar-refractivity contribution is -0.384. The van der Waals surface area contributed by atoms with Crippen molar-refractivity contribution < 1.29 is 23.7 Å². The second-order valence-electron chi connectivity index (χ2n) is 7.69. The average molecular weight is 455 g/mol. The summed E-state index contributed by atoms with van der Waals surface area (Å²) in [5.41, 5.74) is 0.989. The third-order valence-corrected chi connectivity index (χ3v) is 6.30. The summed E-state index contributed by atoms with van der Waals surface area (Å²) >= 11 is 0.740. The first kappa shape index (κ1) is 21.8. The molecule has 2 aromatic rings. The Labute approximate surface area is 188 Å². The first-order chi connectivity index (χ1) is 15.3. The van der Waals surface area contributed by atoms with Crippen molar-refractivity contribution in [3.05, 3.63) is 56.7 Å². The second-order valence-corrected chi connectivity index (χ2v) is 8.68. The smallest absolute Gasteiger partial charge is 0.294 e. The van der Waals surface area contributed by atoms with Crippen LogP contribution >= 0.6 is 11.8 Å². The van der Waals surface area contributed by atoms with Crippen molar-refractivity contribution in [1.82, 2.24) is 9.80 Å². The quantitative estimate of drug-likeness (QED) is 0.377. The molecular weight excluding hydrogens is 434 g/mol. The van der Waals surface area contributed by atoms with Gasteiger partial charge < -0.3 is 9.32 Å². The Kier molecular flexibility index (Phi) is 6.13. The van der Waals surface area contributed by atoms with Crippen LogP contribution in [-0.4, -0.2) is 51.4 Å². The number of amides is 3. The lowest BCUT2D eigenvalue weighted by atomic mass is 10.1. The molecule has 0 saturated carbocycles. The van der Waals surface area contributed by atoms with Crippen molar-refractivity contribution in [2.45, 2.75) is 26.2 Å². The standard InChI is InChI=1S/C22H21N3O6S/c1-14-5-7-16(17(11-14)25(29)30)18-8-6-15(31-18)12-19-21(27)24(22(28)32-19)13-20(26)23-9-3-2-4-10-23/h5-8,11-12H,2-4,9-10,13H2,1H3/b19-12-. The number of imide groups is 1. The number of nitro benzene ring substituents is 1. The molecule has 0 aliphatic carbocycles. The lowest BCUT2D eigenvalue weighted by Gasteiger charge is -2.27. The summed E-state index contributed by atoms with van der Waals surface area (Å²) in [5, 5.41) is 10.9. The van der Waals surface area contributed by atoms with Crippen molar-refractivity contribution in [3.8, 4) is 11.3 Å². The van der Waals surface area contributed by atoms with Crippen LogP contribution in [0.4, 0.5) is 10.5 Å². The van der Waals surface area contributed by atoms with Gasteiger partial charge in [0.05, 0.1) is 15.4 Å². The highest BCUT2D eigenvalue weighted by Gasteiger charge is 2.37. The van der Waals surface area contributed by atoms with E-state index in [9.17, 15) is 24.5 Å². The molecule has 0 atom stereocenters. The van der Waals surface area contributed by atoms with E-state index in [1.165, 1.54) is 12.1 Å². The molecule has 2 saturated heterocycles. The molecule has 32 heavy (non-hydrogen) atoms. The first-order valence-electron chi connectivity index (χ1n) is 10.2. The van der Waals surface area contributed by atoms with E-state index in [1.807, 2.05) is 0 Å². The number of benzene rings is 1. The monoisotopic (exact) mass is 455 g/mol. The Hall–Kier alpha value is -3.40. The number of carbonyl (C=O) groups excluding carboxylic acids is 3. The SMILES string of the molecule is Cc1ccc(-c2ccc(/C=C3\SC(=O)N(CC(=O)N4CCCCC4)C3=O)o2)c([N+](=O)[O-])c1. The van der Waals surface area contributed by atoms with Gasteiger partial charge in [0, 0.05) is 25.2 Å². The van der Waals surface area contributed by atoms with Gasteiger partial charge in [0.2, 0.25) is 5.91 Å². The highest BCUT2D eigenvalue weighted by molar-refractivity contribution is 8.18. The van der Waals surface area contributed by atoms with Crippen molar-refractivity contribution in [1.29, 1.82) is 0 Å². The Balaban J connectivity index is 1.51. The summed E-state index contributed by atoms with van der Waals surface area (Å²) in [6, 6.07) is 7.97. The van der Waals surface area contributed by atoms with E-state index in [-0.39, 0.29) is 34.6 Å². The topological polar surface area (TPSA) is 114 Å². The van der Waals surface area contributed by atoms with E-state index in [0.717, 1.165) is 41.5 Å². The molecule has 3 heterocycles. The van der Waals surface area contributed by atoms with Gasteiger partial charge in [0.25, 0.3) is 16.8 Å². The zero-order chi connectivity index (χ0) is 22.8. The van der Waals surface area contributed by atoms with E-state index in [4.69, 9.17) is 4.42 Å². The number of rotatable bonds is 5. The maximum atomic E-state index is 12.7. The summed E-state index contributed by atoms with van der Waals surface area (Å²) in [6.07, 6.45) is 4.34. The van der Waals surface area contributed by atoms with Crippen LogP contribution < -0.4 is 0 Å². The molecule has 4 rings (SSSR count). The molecule has 166 valence electrons. The maximum Gasteiger partial charge on any atom is 0.294 e. The number of hydrogen-bond acceptors (Lipinski definition) is 7. The molecule has 0 radical (unpaired) electrons. The number of nitrogens with zero attached hydrogens (tertiary/aromatic N) is 3. The zero-order valence-electron chi connectivity index (χ0n) is 17.4. The van der Waals surface area contributed by atoms with Crippen LogP contribution in [0.1, 0.15) is 30.6 Å². The van der Waals surface area contributed by atoms with Gasteiger partial charge in [0.1, 0.15) is 18.1 Å². The average Bonchev–Trinajstić information content (AvgIpc) is 3.34. The molecule has 1 aromatic heterocycles. The highest BCUT2D eigenvalue weighted by atomic mass is 32.2. The van der Waals surface area contributed by atoms with Gasteiger partial charge in [-0.25, -0.2) is 0 Å². The van der Waals surface area contributed by atoms with E-state index < -0.39 is 16.1 Å². The van der Waals surface area contributed by atoms with Crippen LogP contribution in [-0.2, 0) is 9.59 Å². The zero-order valence-corrected chi connectivity index (χ0v) is 18.2. The van der Waals surface area contributed by atoms with Crippen LogP contribution in [0.15, 0.2) is 39.7 Å². The molecule has 9 nitrogen and oxygen atoms in total. The Bertz CT molecular complexity index is 1130. The van der Waals surface area contributed by atoms with E-state index in [0.29, 0.717) is 18.7 Å². The predicted molar refractivity (Wildman–Crippen MR) is 119 cm³/mol. The Morgan fingerprint density at radius 2 is 1.94 bits per heavy atom. The van der Waals surface area contributed by atoms with E-state index >= 15 is 0 Å². The maximum absolute atomic E-state index is 12.7. The normalized spacial score (nSPS) is 18.0. The van der Waals surface area contributed by atoms with Crippen molar-refractivity contribution in [2.24, 2.45) is 0 Å². The van der Waals surface area contributed by atoms with Crippen LogP contribution in [0.2, 0.25) is 0 Å². The largest absolute Gasteiger partial charge is 0.456 e. The van der Waals surface area contributed by atoms with Gasteiger partial charge in [-0.05, 0) is 61.7 Å². The number of aryl methyl sites for hydroxylation is 1. The van der Waals surface area contributed by atoms with Crippen molar-refractivity contribution >= 4 is 40.6 Å². The predicted octanol–water partition coefficient (Wildman–Crippen LogP) is 4.21. The van der Waals surface area contributed by atoms with Crippen LogP contribution in [0.5, 0.6) is 0 Å². The Morgan fingerprint density at radius 3 is 2.66 bits per heavy atom. The van der Waals surface area contributed by atoms with Crippen LogP contribution in [0.3, 0.4) is 0 Å². The second kappa shape index (κ2) is 8.99. The minimum absolute atomic E-state index is 0.0811. The molecule has 2 aliphatic heterocycles. The number of carbonyl (C=O) groups is 3. The number of furan rings is 1. The third-order valence-electron chi connectivity index (χ3n) is 5.39. The number of piperidine rings is 1. The number of thioether (sulfide) groups is 1. The van der Waals surface area contributed by atoms with Crippen molar-refractivity contribution in [3.63, 3.8) is 0 Å². The van der Waals surface area contributed by atoms with Gasteiger partial charge in [0.15, 0.2) is 0 Å². The molecule has 1 aromatic carbocycles. The van der Waals surface area contributed by atoms with Gasteiger partial charge in [-0.2, -0.15) is 0 Å². The fraction of sp³-hybridized carbons (Fsp3) is 0.318. The molecule has 3 amide bonds. The molecule has 0 spiro atoms. The molecule has 0 bridgehead atoms. The third kappa shape index (κ3) is 4.45. The van der Waals surface area contributed by atoms with Crippen LogP contribution in [0, 0.1) is 17.0 Å². The highest BCUT2D eigenvalue weighted by Crippen LogP contribution is 2.35. The summed E-state index contributed by atoms with van der Waals surface area (Å²) in [7, 11) is 0. The number of hydrogen-bond donors (Lipinski definition) is 0. The molecule has 10 heteroatoms. The summed E-state index contributed by atoms with van der Waals surface area (Å²) in [5.74, 6) is -0.227. The molecule has 0 N–H and O–H groups in total. The lowest BCUT2D eigenvalue weighted by Crippen LogP contribution is -2.44. The number of likely N-dealkylation sites (tertiary alicyclic amines) is 1. The summed E-state index contributed by atoms with van der Waals surface area (Å²) < 4.78 is 5.71. The molecule has 2 aliphatic rings. The first-order valence-corrected chi connectivity index (χ1v) is 11.0. The fourth-order valence-electron chi connectivity index (χ4n) is 3.72. The van der Waals surface area contributed by atoms with Gasteiger partial charge in [-0.15, -0.1) is 0 Å². The minimum Gasteiger partial charge on any atom is -0.456 e. The van der Waals surface area contributed by atoms with E-state index in [2.05, 4.69) is 0 Å². The molecular formula is C22H21N3O6S. The van der Waals surface area contributed by atoms with Gasteiger partial charge >= 0.3 is 0 Å². The molecule has 2 fully saturated rings. The summed E-state index contributed by atoms with van der Waals surface area (Å²) in [6.45, 7) is 2.77. The fourth-order valence-corrected chi connectivity index (χ4v) is 4.54.